The maximum atomic E-state index is 11.6. The molecule has 4 nitrogen and oxygen atoms in total. The summed E-state index contributed by atoms with van der Waals surface area (Å²) in [6, 6.07) is 8.81. The molecule has 0 saturated heterocycles. The van der Waals surface area contributed by atoms with Crippen LogP contribution in [0.3, 0.4) is 0 Å². The fraction of sp³-hybridized carbons (Fsp3) is 0.267. The van der Waals surface area contributed by atoms with E-state index in [1.165, 1.54) is 6.08 Å². The number of carbonyl (C=O) groups excluding carboxylic acids is 1. The Bertz CT molecular complexity index is 417. The van der Waals surface area contributed by atoms with E-state index >= 15 is 0 Å². The number of benzene rings is 1. The van der Waals surface area contributed by atoms with Crippen LogP contribution in [0.15, 0.2) is 55.6 Å². The van der Waals surface area contributed by atoms with Crippen LogP contribution in [0.4, 0.5) is 4.79 Å². The molecular formula is C15H19NO3. The van der Waals surface area contributed by atoms with Crippen molar-refractivity contribution < 1.29 is 14.6 Å². The average molecular weight is 261 g/mol. The van der Waals surface area contributed by atoms with Gasteiger partial charge >= 0.3 is 6.09 Å². The third kappa shape index (κ3) is 5.40. The van der Waals surface area contributed by atoms with Crippen LogP contribution in [0.5, 0.6) is 0 Å². The average Bonchev–Trinajstić information content (AvgIpc) is 2.44. The molecule has 0 unspecified atom stereocenters. The molecule has 0 aliphatic heterocycles. The first-order chi connectivity index (χ1) is 9.17. The van der Waals surface area contributed by atoms with Crippen molar-refractivity contribution in [3.63, 3.8) is 0 Å². The molecule has 0 saturated carbocycles. The van der Waals surface area contributed by atoms with E-state index in [9.17, 15) is 9.90 Å². The molecule has 1 amide bonds. The van der Waals surface area contributed by atoms with Gasteiger partial charge in [0.05, 0.1) is 12.1 Å². The molecule has 1 aromatic rings. The van der Waals surface area contributed by atoms with Crippen LogP contribution in [0.1, 0.15) is 12.0 Å². The smallest absolute Gasteiger partial charge is 0.408 e. The van der Waals surface area contributed by atoms with Crippen molar-refractivity contribution in [3.8, 4) is 0 Å². The molecule has 102 valence electrons. The largest absolute Gasteiger partial charge is 0.445 e. The lowest BCUT2D eigenvalue weighted by Gasteiger charge is -2.19. The summed E-state index contributed by atoms with van der Waals surface area (Å²) in [5.74, 6) is 0. The minimum absolute atomic E-state index is 0.189. The van der Waals surface area contributed by atoms with E-state index in [2.05, 4.69) is 18.5 Å². The number of ether oxygens (including phenoxy) is 1. The zero-order valence-corrected chi connectivity index (χ0v) is 10.8. The Kier molecular flexibility index (Phi) is 6.39. The third-order valence-electron chi connectivity index (χ3n) is 2.57. The Morgan fingerprint density at radius 2 is 2.05 bits per heavy atom. The summed E-state index contributed by atoms with van der Waals surface area (Å²) in [5, 5.41) is 12.3. The lowest BCUT2D eigenvalue weighted by molar-refractivity contribution is 0.114. The number of hydrogen-bond acceptors (Lipinski definition) is 3. The molecule has 1 rings (SSSR count). The zero-order valence-electron chi connectivity index (χ0n) is 10.8. The second-order valence-corrected chi connectivity index (χ2v) is 4.06. The predicted molar refractivity (Wildman–Crippen MR) is 74.6 cm³/mol. The Morgan fingerprint density at radius 1 is 1.37 bits per heavy atom. The standard InChI is InChI=1S/C15H19NO3/c1-3-8-14(17)13(4-2)16-15(18)19-11-12-9-6-5-7-10-12/h3-7,9-10,13-14,17H,1-2,8,11H2,(H,16,18)/t13-,14+/m0/s1. The Morgan fingerprint density at radius 3 is 2.63 bits per heavy atom. The molecule has 0 spiro atoms. The summed E-state index contributed by atoms with van der Waals surface area (Å²) in [6.07, 6.45) is 2.09. The molecule has 0 fully saturated rings. The minimum Gasteiger partial charge on any atom is -0.445 e. The second-order valence-electron chi connectivity index (χ2n) is 4.06. The van der Waals surface area contributed by atoms with E-state index < -0.39 is 18.2 Å². The summed E-state index contributed by atoms with van der Waals surface area (Å²) in [6.45, 7) is 7.29. The van der Waals surface area contributed by atoms with Crippen LogP contribution in [0.25, 0.3) is 0 Å². The SMILES string of the molecule is C=CC[C@@H](O)[C@H](C=C)NC(=O)OCc1ccccc1. The van der Waals surface area contributed by atoms with Gasteiger partial charge in [-0.1, -0.05) is 42.5 Å². The first-order valence-corrected chi connectivity index (χ1v) is 6.06. The Balaban J connectivity index is 2.41. The molecular weight excluding hydrogens is 242 g/mol. The normalized spacial score (nSPS) is 13.1. The van der Waals surface area contributed by atoms with Crippen LogP contribution in [-0.2, 0) is 11.3 Å². The van der Waals surface area contributed by atoms with Crippen molar-refractivity contribution in [2.75, 3.05) is 0 Å². The third-order valence-corrected chi connectivity index (χ3v) is 2.57. The summed E-state index contributed by atoms with van der Waals surface area (Å²) < 4.78 is 5.05. The number of amides is 1. The van der Waals surface area contributed by atoms with Gasteiger partial charge in [0.1, 0.15) is 6.61 Å². The van der Waals surface area contributed by atoms with E-state index in [-0.39, 0.29) is 6.61 Å². The molecule has 1 aromatic carbocycles. The molecule has 0 heterocycles. The monoisotopic (exact) mass is 261 g/mol. The van der Waals surface area contributed by atoms with E-state index in [4.69, 9.17) is 4.74 Å². The van der Waals surface area contributed by atoms with Gasteiger partial charge in [-0.2, -0.15) is 0 Å². The van der Waals surface area contributed by atoms with Gasteiger partial charge in [0.2, 0.25) is 0 Å². The van der Waals surface area contributed by atoms with Gasteiger partial charge in [0, 0.05) is 0 Å². The molecule has 0 bridgehead atoms. The first kappa shape index (κ1) is 15.0. The molecule has 19 heavy (non-hydrogen) atoms. The van der Waals surface area contributed by atoms with Crippen molar-refractivity contribution in [2.24, 2.45) is 0 Å². The summed E-state index contributed by atoms with van der Waals surface area (Å²) >= 11 is 0. The fourth-order valence-electron chi connectivity index (χ4n) is 1.53. The lowest BCUT2D eigenvalue weighted by atomic mass is 10.1. The molecule has 0 aromatic heterocycles. The topological polar surface area (TPSA) is 58.6 Å². The van der Waals surface area contributed by atoms with Crippen molar-refractivity contribution >= 4 is 6.09 Å². The van der Waals surface area contributed by atoms with Crippen LogP contribution in [0, 0.1) is 0 Å². The van der Waals surface area contributed by atoms with Gasteiger partial charge in [-0.25, -0.2) is 4.79 Å². The predicted octanol–water partition coefficient (Wildman–Crippen LogP) is 2.40. The number of alkyl carbamates (subject to hydrolysis) is 1. The van der Waals surface area contributed by atoms with E-state index in [0.29, 0.717) is 6.42 Å². The molecule has 0 aliphatic carbocycles. The summed E-state index contributed by atoms with van der Waals surface area (Å²) in [5.41, 5.74) is 0.902. The number of nitrogens with one attached hydrogen (secondary N) is 1. The molecule has 0 aliphatic rings. The highest BCUT2D eigenvalue weighted by molar-refractivity contribution is 5.68. The van der Waals surface area contributed by atoms with Gasteiger partial charge in [-0.3, -0.25) is 0 Å². The van der Waals surface area contributed by atoms with E-state index in [1.54, 1.807) is 6.08 Å². The molecule has 0 radical (unpaired) electrons. The van der Waals surface area contributed by atoms with Crippen molar-refractivity contribution in [1.82, 2.24) is 5.32 Å². The van der Waals surface area contributed by atoms with Gasteiger partial charge in [-0.15, -0.1) is 13.2 Å². The second kappa shape index (κ2) is 8.11. The highest BCUT2D eigenvalue weighted by Crippen LogP contribution is 2.04. The number of hydrogen-bond donors (Lipinski definition) is 2. The Labute approximate surface area is 113 Å². The highest BCUT2D eigenvalue weighted by Gasteiger charge is 2.17. The molecule has 2 atom stereocenters. The van der Waals surface area contributed by atoms with E-state index in [0.717, 1.165) is 5.56 Å². The van der Waals surface area contributed by atoms with Gasteiger partial charge in [0.25, 0.3) is 0 Å². The number of rotatable bonds is 7. The van der Waals surface area contributed by atoms with E-state index in [1.807, 2.05) is 30.3 Å². The number of aliphatic hydroxyl groups excluding tert-OH is 1. The summed E-state index contributed by atoms with van der Waals surface area (Å²) in [4.78, 5) is 11.6. The summed E-state index contributed by atoms with van der Waals surface area (Å²) in [7, 11) is 0. The minimum atomic E-state index is -0.751. The molecule has 2 N–H and O–H groups in total. The maximum Gasteiger partial charge on any atom is 0.408 e. The highest BCUT2D eigenvalue weighted by atomic mass is 16.5. The van der Waals surface area contributed by atoms with Crippen molar-refractivity contribution in [1.29, 1.82) is 0 Å². The van der Waals surface area contributed by atoms with Crippen LogP contribution >= 0.6 is 0 Å². The first-order valence-electron chi connectivity index (χ1n) is 6.06. The van der Waals surface area contributed by atoms with Crippen molar-refractivity contribution in [3.05, 3.63) is 61.2 Å². The maximum absolute atomic E-state index is 11.6. The van der Waals surface area contributed by atoms with Gasteiger partial charge < -0.3 is 15.2 Å². The van der Waals surface area contributed by atoms with Crippen molar-refractivity contribution in [2.45, 2.75) is 25.2 Å². The molecule has 4 heteroatoms. The fourth-order valence-corrected chi connectivity index (χ4v) is 1.53. The lowest BCUT2D eigenvalue weighted by Crippen LogP contribution is -2.41. The van der Waals surface area contributed by atoms with Crippen LogP contribution in [-0.4, -0.2) is 23.3 Å². The quantitative estimate of drug-likeness (QED) is 0.741. The number of aliphatic hydroxyl groups is 1. The number of carbonyl (C=O) groups is 1. The zero-order chi connectivity index (χ0) is 14.1. The van der Waals surface area contributed by atoms with Gasteiger partial charge in [-0.05, 0) is 12.0 Å². The van der Waals surface area contributed by atoms with Crippen LogP contribution < -0.4 is 5.32 Å². The van der Waals surface area contributed by atoms with Crippen LogP contribution in [0.2, 0.25) is 0 Å². The Hall–Kier alpha value is -2.07. The van der Waals surface area contributed by atoms with Gasteiger partial charge in [0.15, 0.2) is 0 Å².